The molecule has 0 rings (SSSR count). The molecule has 0 fully saturated rings. The summed E-state index contributed by atoms with van der Waals surface area (Å²) in [5, 5.41) is 0. The summed E-state index contributed by atoms with van der Waals surface area (Å²) in [6.45, 7) is 17.2. The topological polar surface area (TPSA) is 0 Å². The molecule has 0 aromatic carbocycles. The first-order chi connectivity index (χ1) is 5.89. The van der Waals surface area contributed by atoms with Crippen molar-refractivity contribution < 1.29 is 0 Å². The molecule has 0 atom stereocenters. The third-order valence-electron chi connectivity index (χ3n) is 2.73. The normalized spacial score (nSPS) is 13.4. The van der Waals surface area contributed by atoms with Crippen LogP contribution in [-0.4, -0.2) is 44.6 Å². The third-order valence-corrected chi connectivity index (χ3v) is 14.9. The predicted octanol–water partition coefficient (Wildman–Crippen LogP) is 4.66. The van der Waals surface area contributed by atoms with Crippen LogP contribution in [-0.2, 0) is 0 Å². The molecule has 0 aliphatic rings. The molecule has 3 heteroatoms. The van der Waals surface area contributed by atoms with E-state index in [2.05, 4.69) is 46.9 Å². The highest BCUT2D eigenvalue weighted by Gasteiger charge is 2.38. The Morgan fingerprint density at radius 3 is 1.15 bits per heavy atom. The number of rotatable bonds is 5. The van der Waals surface area contributed by atoms with Gasteiger partial charge >= 0.3 is 0 Å². The van der Waals surface area contributed by atoms with Crippen molar-refractivity contribution in [3.05, 3.63) is 0 Å². The van der Waals surface area contributed by atoms with Crippen molar-refractivity contribution in [2.75, 3.05) is 40.0 Å². The van der Waals surface area contributed by atoms with E-state index in [1.807, 2.05) is 0 Å². The highest BCUT2D eigenvalue weighted by molar-refractivity contribution is 7.91. The van der Waals surface area contributed by atoms with E-state index in [1.165, 1.54) is 12.8 Å². The van der Waals surface area contributed by atoms with Gasteiger partial charge in [-0.05, 0) is 46.4 Å². The summed E-state index contributed by atoms with van der Waals surface area (Å²) < 4.78 is 0.745. The van der Waals surface area contributed by atoms with Crippen LogP contribution in [0.2, 0.25) is 0 Å². The Hall–Kier alpha value is 1.29. The predicted molar refractivity (Wildman–Crippen MR) is 73.9 cm³/mol. The van der Waals surface area contributed by atoms with E-state index in [0.717, 1.165) is 4.64 Å². The lowest BCUT2D eigenvalue weighted by atomic mass is 10.4. The maximum Gasteiger partial charge on any atom is 0.0285 e. The SMILES string of the molecule is CCCC(P(C)C)(P(C)C)P(C)C. The largest absolute Gasteiger partial charge is 0.0977 e. The minimum atomic E-state index is 0.225. The molecule has 0 aliphatic heterocycles. The average Bonchev–Trinajstić information content (AvgIpc) is 1.97. The van der Waals surface area contributed by atoms with Crippen LogP contribution in [0.25, 0.3) is 0 Å². The summed E-state index contributed by atoms with van der Waals surface area (Å²) in [5.41, 5.74) is 0. The van der Waals surface area contributed by atoms with Crippen LogP contribution in [0, 0.1) is 0 Å². The Morgan fingerprint density at radius 1 is 0.769 bits per heavy atom. The van der Waals surface area contributed by atoms with Crippen LogP contribution in [0.15, 0.2) is 0 Å². The first kappa shape index (κ1) is 14.3. The van der Waals surface area contributed by atoms with Gasteiger partial charge in [-0.3, -0.25) is 0 Å². The Kier molecular flexibility index (Phi) is 6.60. The Labute approximate surface area is 88.5 Å². The van der Waals surface area contributed by atoms with E-state index in [1.54, 1.807) is 0 Å². The van der Waals surface area contributed by atoms with Crippen molar-refractivity contribution in [1.82, 2.24) is 0 Å². The monoisotopic (exact) mass is 238 g/mol. The van der Waals surface area contributed by atoms with E-state index in [9.17, 15) is 0 Å². The van der Waals surface area contributed by atoms with Crippen LogP contribution in [0.1, 0.15) is 19.8 Å². The van der Waals surface area contributed by atoms with Gasteiger partial charge in [0.1, 0.15) is 0 Å². The molecule has 0 heterocycles. The van der Waals surface area contributed by atoms with Crippen LogP contribution in [0.4, 0.5) is 0 Å². The second kappa shape index (κ2) is 6.00. The second-order valence-electron chi connectivity index (χ2n) is 4.21. The Morgan fingerprint density at radius 2 is 1.08 bits per heavy atom. The van der Waals surface area contributed by atoms with Crippen molar-refractivity contribution in [2.24, 2.45) is 0 Å². The molecule has 0 unspecified atom stereocenters. The molecular formula is C10H25P3. The molecule has 0 N–H and O–H groups in total. The Balaban J connectivity index is 4.82. The number of hydrogen-bond donors (Lipinski definition) is 0. The first-order valence-corrected chi connectivity index (χ1v) is 11.6. The quantitative estimate of drug-likeness (QED) is 0.611. The summed E-state index contributed by atoms with van der Waals surface area (Å²) in [7, 11) is 0.674. The van der Waals surface area contributed by atoms with Crippen molar-refractivity contribution in [1.29, 1.82) is 0 Å². The van der Waals surface area contributed by atoms with Crippen molar-refractivity contribution in [2.45, 2.75) is 24.4 Å². The van der Waals surface area contributed by atoms with Crippen LogP contribution in [0.3, 0.4) is 0 Å². The van der Waals surface area contributed by atoms with Gasteiger partial charge < -0.3 is 0 Å². The van der Waals surface area contributed by atoms with Crippen LogP contribution < -0.4 is 0 Å². The van der Waals surface area contributed by atoms with Gasteiger partial charge in [0.05, 0.1) is 0 Å². The lowest BCUT2D eigenvalue weighted by Crippen LogP contribution is -2.20. The Bertz CT molecular complexity index is 119. The summed E-state index contributed by atoms with van der Waals surface area (Å²) in [5.74, 6) is 0. The van der Waals surface area contributed by atoms with Crippen molar-refractivity contribution in [3.8, 4) is 0 Å². The van der Waals surface area contributed by atoms with E-state index in [-0.39, 0.29) is 23.8 Å². The number of hydrogen-bond acceptors (Lipinski definition) is 0. The van der Waals surface area contributed by atoms with Crippen LogP contribution in [0.5, 0.6) is 0 Å². The molecule has 0 nitrogen and oxygen atoms in total. The molecule has 0 radical (unpaired) electrons. The fraction of sp³-hybridized carbons (Fsp3) is 1.00. The van der Waals surface area contributed by atoms with Crippen LogP contribution >= 0.6 is 23.8 Å². The molecule has 0 saturated carbocycles. The zero-order chi connectivity index (χ0) is 10.6. The van der Waals surface area contributed by atoms with Gasteiger partial charge in [-0.2, -0.15) is 0 Å². The summed E-state index contributed by atoms with van der Waals surface area (Å²) >= 11 is 0. The molecule has 0 saturated heterocycles. The molecule has 13 heavy (non-hydrogen) atoms. The van der Waals surface area contributed by atoms with E-state index >= 15 is 0 Å². The lowest BCUT2D eigenvalue weighted by Gasteiger charge is -2.45. The van der Waals surface area contributed by atoms with Crippen molar-refractivity contribution in [3.63, 3.8) is 0 Å². The smallest absolute Gasteiger partial charge is 0.0285 e. The minimum absolute atomic E-state index is 0.225. The fourth-order valence-electron chi connectivity index (χ4n) is 2.21. The standard InChI is InChI=1S/C10H25P3/c1-8-9-10(11(2)3,12(4)5)13(6)7/h8-9H2,1-7H3. The molecule has 0 aromatic rings. The van der Waals surface area contributed by atoms with Gasteiger partial charge in [-0.15, -0.1) is 0 Å². The van der Waals surface area contributed by atoms with Gasteiger partial charge in [0.15, 0.2) is 0 Å². The highest BCUT2D eigenvalue weighted by atomic mass is 31.2. The van der Waals surface area contributed by atoms with E-state index < -0.39 is 0 Å². The molecule has 0 aliphatic carbocycles. The highest BCUT2D eigenvalue weighted by Crippen LogP contribution is 2.75. The zero-order valence-corrected chi connectivity index (χ0v) is 12.9. The summed E-state index contributed by atoms with van der Waals surface area (Å²) in [6.07, 6.45) is 2.82. The maximum absolute atomic E-state index is 2.48. The van der Waals surface area contributed by atoms with Gasteiger partial charge in [0, 0.05) is 4.64 Å². The first-order valence-electron chi connectivity index (χ1n) is 4.91. The third kappa shape index (κ3) is 3.12. The fourth-order valence-corrected chi connectivity index (χ4v) is 13.8. The van der Waals surface area contributed by atoms with Crippen molar-refractivity contribution >= 4 is 23.8 Å². The van der Waals surface area contributed by atoms with Gasteiger partial charge in [-0.25, -0.2) is 0 Å². The van der Waals surface area contributed by atoms with Gasteiger partial charge in [-0.1, -0.05) is 37.1 Å². The molecule has 0 amide bonds. The summed E-state index contributed by atoms with van der Waals surface area (Å²) in [4.78, 5) is 0. The lowest BCUT2D eigenvalue weighted by molar-refractivity contribution is 0.823. The molecular weight excluding hydrogens is 213 g/mol. The molecule has 80 valence electrons. The van der Waals surface area contributed by atoms with Gasteiger partial charge in [0.2, 0.25) is 0 Å². The van der Waals surface area contributed by atoms with E-state index in [0.29, 0.717) is 0 Å². The zero-order valence-electron chi connectivity index (χ0n) is 10.3. The molecule has 0 bridgehead atoms. The van der Waals surface area contributed by atoms with E-state index in [4.69, 9.17) is 0 Å². The van der Waals surface area contributed by atoms with Gasteiger partial charge in [0.25, 0.3) is 0 Å². The molecule has 0 spiro atoms. The average molecular weight is 238 g/mol. The second-order valence-corrected chi connectivity index (χ2v) is 12.9. The molecule has 0 aromatic heterocycles. The minimum Gasteiger partial charge on any atom is -0.0977 e. The maximum atomic E-state index is 2.48. The summed E-state index contributed by atoms with van der Waals surface area (Å²) in [6, 6.07) is 0.